The third kappa shape index (κ3) is 4.66. The molecule has 148 valence electrons. The highest BCUT2D eigenvalue weighted by atomic mass is 32.1. The summed E-state index contributed by atoms with van der Waals surface area (Å²) in [5.41, 5.74) is 3.00. The number of aliphatic hydroxyl groups is 1. The number of hydrogen-bond acceptors (Lipinski definition) is 6. The maximum absolute atomic E-state index is 9.30. The summed E-state index contributed by atoms with van der Waals surface area (Å²) in [5, 5.41) is 19.0. The predicted molar refractivity (Wildman–Crippen MR) is 114 cm³/mol. The lowest BCUT2D eigenvalue weighted by Crippen LogP contribution is -2.27. The minimum Gasteiger partial charge on any atom is -0.497 e. The van der Waals surface area contributed by atoms with Gasteiger partial charge < -0.3 is 14.7 Å². The predicted octanol–water partition coefficient (Wildman–Crippen LogP) is 4.75. The molecule has 0 atom stereocenters. The van der Waals surface area contributed by atoms with Crippen molar-refractivity contribution < 1.29 is 14.4 Å². The van der Waals surface area contributed by atoms with Gasteiger partial charge in [-0.2, -0.15) is 0 Å². The van der Waals surface area contributed by atoms with Crippen molar-refractivity contribution in [3.05, 3.63) is 42.5 Å². The molecule has 28 heavy (non-hydrogen) atoms. The number of aryl methyl sites for hydroxylation is 1. The fraction of sp³-hybridized carbons (Fsp3) is 0.381. The van der Waals surface area contributed by atoms with E-state index in [9.17, 15) is 5.11 Å². The van der Waals surface area contributed by atoms with E-state index in [2.05, 4.69) is 22.1 Å². The fourth-order valence-corrected chi connectivity index (χ4v) is 4.01. The zero-order valence-corrected chi connectivity index (χ0v) is 17.4. The van der Waals surface area contributed by atoms with Crippen LogP contribution in [0.4, 0.5) is 16.5 Å². The molecular formula is C21H27N4O2S+. The summed E-state index contributed by atoms with van der Waals surface area (Å²) in [6.07, 6.45) is 2.24. The Kier molecular flexibility index (Phi) is 6.95. The van der Waals surface area contributed by atoms with Crippen molar-refractivity contribution in [1.29, 1.82) is 0 Å². The highest BCUT2D eigenvalue weighted by Crippen LogP contribution is 2.30. The molecule has 0 radical (unpaired) electrons. The first-order chi connectivity index (χ1) is 13.7. The van der Waals surface area contributed by atoms with Crippen molar-refractivity contribution in [2.45, 2.75) is 19.8 Å². The monoisotopic (exact) mass is 399 g/mol. The Morgan fingerprint density at radius 2 is 1.89 bits per heavy atom. The number of anilines is 1. The maximum Gasteiger partial charge on any atom is 0.409 e. The van der Waals surface area contributed by atoms with Gasteiger partial charge in [-0.25, -0.2) is 4.57 Å². The van der Waals surface area contributed by atoms with Crippen molar-refractivity contribution in [1.82, 2.24) is 0 Å². The second-order valence-electron chi connectivity index (χ2n) is 6.56. The fourth-order valence-electron chi connectivity index (χ4n) is 3.01. The molecule has 0 fully saturated rings. The molecule has 0 saturated carbocycles. The zero-order chi connectivity index (χ0) is 19.9. The Balaban J connectivity index is 1.77. The van der Waals surface area contributed by atoms with Crippen molar-refractivity contribution in [3.8, 4) is 5.75 Å². The van der Waals surface area contributed by atoms with E-state index >= 15 is 0 Å². The van der Waals surface area contributed by atoms with E-state index < -0.39 is 0 Å². The van der Waals surface area contributed by atoms with Gasteiger partial charge >= 0.3 is 5.13 Å². The lowest BCUT2D eigenvalue weighted by Gasteiger charge is -2.23. The first kappa shape index (κ1) is 20.2. The van der Waals surface area contributed by atoms with E-state index in [0.29, 0.717) is 6.54 Å². The van der Waals surface area contributed by atoms with Gasteiger partial charge in [-0.05, 0) is 59.3 Å². The summed E-state index contributed by atoms with van der Waals surface area (Å²) in [6.45, 7) is 3.91. The maximum atomic E-state index is 9.30. The molecule has 0 saturated heterocycles. The van der Waals surface area contributed by atoms with E-state index in [4.69, 9.17) is 4.74 Å². The average molecular weight is 400 g/mol. The molecule has 6 nitrogen and oxygen atoms in total. The Bertz CT molecular complexity index is 937. The van der Waals surface area contributed by atoms with Gasteiger partial charge in [0.1, 0.15) is 17.0 Å². The highest BCUT2D eigenvalue weighted by Gasteiger charge is 2.16. The van der Waals surface area contributed by atoms with Gasteiger partial charge in [0.15, 0.2) is 0 Å². The quantitative estimate of drug-likeness (QED) is 0.417. The normalized spacial score (nSPS) is 11.4. The zero-order valence-electron chi connectivity index (χ0n) is 16.6. The highest BCUT2D eigenvalue weighted by molar-refractivity contribution is 7.21. The third-order valence-corrected chi connectivity index (χ3v) is 5.72. The van der Waals surface area contributed by atoms with E-state index in [0.717, 1.165) is 51.9 Å². The number of fused-ring (bicyclic) bond motifs is 1. The van der Waals surface area contributed by atoms with Crippen LogP contribution in [-0.4, -0.2) is 31.9 Å². The number of methoxy groups -OCH3 is 1. The molecule has 0 aliphatic rings. The SMILES string of the molecule is CCCCN(CCO)c1ccc(N=Nc2sc3cc(OC)ccc3[n+]2C)cc1. The molecule has 0 bridgehead atoms. The second-order valence-corrected chi connectivity index (χ2v) is 7.57. The summed E-state index contributed by atoms with van der Waals surface area (Å²) < 4.78 is 8.44. The van der Waals surface area contributed by atoms with Gasteiger partial charge in [-0.3, -0.25) is 0 Å². The summed E-state index contributed by atoms with van der Waals surface area (Å²) in [4.78, 5) is 2.20. The summed E-state index contributed by atoms with van der Waals surface area (Å²) in [6, 6.07) is 14.0. The molecule has 3 rings (SSSR count). The van der Waals surface area contributed by atoms with Crippen LogP contribution >= 0.6 is 11.3 Å². The third-order valence-electron chi connectivity index (χ3n) is 4.63. The van der Waals surface area contributed by atoms with E-state index in [1.54, 1.807) is 18.4 Å². The van der Waals surface area contributed by atoms with Crippen LogP contribution in [0.1, 0.15) is 19.8 Å². The van der Waals surface area contributed by atoms with Crippen LogP contribution in [0.3, 0.4) is 0 Å². The number of benzene rings is 2. The second kappa shape index (κ2) is 9.61. The first-order valence-corrected chi connectivity index (χ1v) is 10.3. The number of aromatic nitrogens is 1. The topological polar surface area (TPSA) is 61.3 Å². The standard InChI is InChI=1S/C21H27N4O2S/c1-4-5-12-25(13-14-26)17-8-6-16(7-9-17)22-23-21-24(2)19-11-10-18(27-3)15-20(19)28-21/h6-11,15,26H,4-5,12-14H2,1-3H3/q+1. The van der Waals surface area contributed by atoms with Crippen LogP contribution in [0.2, 0.25) is 0 Å². The Labute approximate surface area is 169 Å². The van der Waals surface area contributed by atoms with Crippen LogP contribution in [-0.2, 0) is 7.05 Å². The number of nitrogens with zero attached hydrogens (tertiary/aromatic N) is 4. The molecule has 0 unspecified atom stereocenters. The molecule has 0 aliphatic carbocycles. The van der Waals surface area contributed by atoms with Crippen molar-refractivity contribution >= 4 is 38.1 Å². The smallest absolute Gasteiger partial charge is 0.409 e. The van der Waals surface area contributed by atoms with Crippen LogP contribution < -0.4 is 14.2 Å². The molecule has 2 aromatic carbocycles. The van der Waals surface area contributed by atoms with Crippen molar-refractivity contribution in [3.63, 3.8) is 0 Å². The molecule has 0 spiro atoms. The summed E-state index contributed by atoms with van der Waals surface area (Å²) >= 11 is 1.58. The Morgan fingerprint density at radius 1 is 1.11 bits per heavy atom. The van der Waals surface area contributed by atoms with Gasteiger partial charge in [0.05, 0.1) is 30.6 Å². The summed E-state index contributed by atoms with van der Waals surface area (Å²) in [5.74, 6) is 0.837. The number of ether oxygens (including phenoxy) is 1. The van der Waals surface area contributed by atoms with Gasteiger partial charge in [0.25, 0.3) is 0 Å². The van der Waals surface area contributed by atoms with E-state index in [1.807, 2.05) is 54.1 Å². The van der Waals surface area contributed by atoms with Gasteiger partial charge in [-0.1, -0.05) is 13.3 Å². The average Bonchev–Trinajstić information content (AvgIpc) is 3.05. The van der Waals surface area contributed by atoms with Gasteiger partial charge in [0.2, 0.25) is 0 Å². The molecule has 0 amide bonds. The van der Waals surface area contributed by atoms with E-state index in [1.165, 1.54) is 0 Å². The van der Waals surface area contributed by atoms with Crippen LogP contribution in [0.5, 0.6) is 5.75 Å². The molecular weight excluding hydrogens is 372 g/mol. The van der Waals surface area contributed by atoms with Crippen molar-refractivity contribution in [2.75, 3.05) is 31.7 Å². The van der Waals surface area contributed by atoms with Gasteiger partial charge in [-0.15, -0.1) is 0 Å². The van der Waals surface area contributed by atoms with Crippen LogP contribution in [0, 0.1) is 0 Å². The molecule has 1 N–H and O–H groups in total. The molecule has 7 heteroatoms. The minimum absolute atomic E-state index is 0.151. The number of unbranched alkanes of at least 4 members (excludes halogenated alkanes) is 1. The van der Waals surface area contributed by atoms with Gasteiger partial charge in [0, 0.05) is 24.8 Å². The molecule has 1 heterocycles. The molecule has 1 aromatic heterocycles. The molecule has 3 aromatic rings. The van der Waals surface area contributed by atoms with E-state index in [-0.39, 0.29) is 6.61 Å². The van der Waals surface area contributed by atoms with Crippen LogP contribution in [0.15, 0.2) is 52.7 Å². The largest absolute Gasteiger partial charge is 0.497 e. The lowest BCUT2D eigenvalue weighted by atomic mass is 10.2. The first-order valence-electron chi connectivity index (χ1n) is 9.50. The number of hydrogen-bond donors (Lipinski definition) is 1. The number of aliphatic hydroxyl groups excluding tert-OH is 1. The Morgan fingerprint density at radius 3 is 2.57 bits per heavy atom. The lowest BCUT2D eigenvalue weighted by molar-refractivity contribution is -0.627. The molecule has 0 aliphatic heterocycles. The number of thiazole rings is 1. The number of rotatable bonds is 9. The minimum atomic E-state index is 0.151. The summed E-state index contributed by atoms with van der Waals surface area (Å²) in [7, 11) is 3.66. The van der Waals surface area contributed by atoms with Crippen molar-refractivity contribution in [2.24, 2.45) is 17.3 Å². The van der Waals surface area contributed by atoms with Crippen LogP contribution in [0.25, 0.3) is 10.2 Å². The Hall–Kier alpha value is -2.51. The number of azo groups is 1.